The van der Waals surface area contributed by atoms with Crippen LogP contribution < -0.4 is 9.47 Å². The highest BCUT2D eigenvalue weighted by Crippen LogP contribution is 2.37. The highest BCUT2D eigenvalue weighted by atomic mass is 127. The van der Waals surface area contributed by atoms with Gasteiger partial charge in [0.1, 0.15) is 11.5 Å². The minimum absolute atomic E-state index is 0.800. The van der Waals surface area contributed by atoms with Crippen molar-refractivity contribution in [1.29, 1.82) is 0 Å². The largest absolute Gasteiger partial charge is 0.496 e. The molecule has 0 aliphatic rings. The predicted octanol–water partition coefficient (Wildman–Crippen LogP) is 6.67. The maximum Gasteiger partial charge on any atom is 0.154 e. The van der Waals surface area contributed by atoms with Crippen molar-refractivity contribution < 1.29 is 9.47 Å². The molecule has 3 aromatic rings. The Bertz CT molecular complexity index is 838. The molecule has 0 unspecified atom stereocenters. The number of rotatable bonds is 4. The number of hydrogen-bond donors (Lipinski definition) is 0. The summed E-state index contributed by atoms with van der Waals surface area (Å²) in [5, 5.41) is 0. The molecule has 0 aliphatic heterocycles. The summed E-state index contributed by atoms with van der Waals surface area (Å²) < 4.78 is 13.9. The molecule has 0 spiro atoms. The Morgan fingerprint density at radius 2 is 1.50 bits per heavy atom. The molecular formula is C20H16I2O2. The zero-order chi connectivity index (χ0) is 17.1. The fourth-order valence-electron chi connectivity index (χ4n) is 2.50. The predicted molar refractivity (Wildman–Crippen MR) is 115 cm³/mol. The minimum Gasteiger partial charge on any atom is -0.496 e. The normalized spacial score (nSPS) is 10.5. The molecule has 0 atom stereocenters. The molecule has 4 heteroatoms. The maximum absolute atomic E-state index is 6.19. The molecule has 0 fully saturated rings. The van der Waals surface area contributed by atoms with Gasteiger partial charge < -0.3 is 9.47 Å². The van der Waals surface area contributed by atoms with Crippen LogP contribution in [0.25, 0.3) is 11.1 Å². The van der Waals surface area contributed by atoms with E-state index in [0.29, 0.717) is 0 Å². The lowest BCUT2D eigenvalue weighted by Crippen LogP contribution is -1.94. The lowest BCUT2D eigenvalue weighted by molar-refractivity contribution is 0.414. The van der Waals surface area contributed by atoms with Crippen LogP contribution in [0, 0.1) is 14.1 Å². The number of methoxy groups -OCH3 is 1. The second kappa shape index (κ2) is 7.74. The van der Waals surface area contributed by atoms with Gasteiger partial charge in [-0.2, -0.15) is 0 Å². The second-order valence-electron chi connectivity index (χ2n) is 5.39. The molecule has 24 heavy (non-hydrogen) atoms. The Labute approximate surface area is 169 Å². The zero-order valence-electron chi connectivity index (χ0n) is 13.3. The molecule has 2 nitrogen and oxygen atoms in total. The van der Waals surface area contributed by atoms with Gasteiger partial charge in [0, 0.05) is 5.56 Å². The van der Waals surface area contributed by atoms with Crippen molar-refractivity contribution in [2.45, 2.75) is 6.92 Å². The van der Waals surface area contributed by atoms with Gasteiger partial charge in [-0.05, 0) is 93.6 Å². The number of aryl methyl sites for hydroxylation is 1. The molecule has 3 aromatic carbocycles. The fourth-order valence-corrected chi connectivity index (χ4v) is 4.80. The van der Waals surface area contributed by atoms with Crippen LogP contribution in [0.3, 0.4) is 0 Å². The van der Waals surface area contributed by atoms with Crippen molar-refractivity contribution in [2.24, 2.45) is 0 Å². The number of benzene rings is 3. The number of halogens is 2. The van der Waals surface area contributed by atoms with Crippen LogP contribution in [0.15, 0.2) is 60.7 Å². The summed E-state index contributed by atoms with van der Waals surface area (Å²) in [6.07, 6.45) is 0. The molecule has 0 bridgehead atoms. The van der Waals surface area contributed by atoms with Crippen molar-refractivity contribution >= 4 is 45.2 Å². The van der Waals surface area contributed by atoms with E-state index in [1.807, 2.05) is 36.4 Å². The summed E-state index contributed by atoms with van der Waals surface area (Å²) >= 11 is 4.64. The van der Waals surface area contributed by atoms with E-state index in [9.17, 15) is 0 Å². The van der Waals surface area contributed by atoms with Crippen LogP contribution in [-0.4, -0.2) is 7.11 Å². The summed E-state index contributed by atoms with van der Waals surface area (Å²) in [7, 11) is 1.69. The SMILES string of the molecule is COc1ccc(Oc2c(I)cc(C)cc2I)cc1-c1ccccc1. The van der Waals surface area contributed by atoms with Gasteiger partial charge in [0.2, 0.25) is 0 Å². The van der Waals surface area contributed by atoms with Crippen molar-refractivity contribution in [3.8, 4) is 28.4 Å². The van der Waals surface area contributed by atoms with E-state index in [0.717, 1.165) is 35.5 Å². The van der Waals surface area contributed by atoms with E-state index in [1.54, 1.807) is 7.11 Å². The van der Waals surface area contributed by atoms with Crippen LogP contribution in [0.4, 0.5) is 0 Å². The molecule has 0 radical (unpaired) electrons. The van der Waals surface area contributed by atoms with E-state index in [2.05, 4.69) is 76.4 Å². The molecule has 122 valence electrons. The molecule has 0 saturated heterocycles. The van der Waals surface area contributed by atoms with E-state index in [-0.39, 0.29) is 0 Å². The average molecular weight is 542 g/mol. The van der Waals surface area contributed by atoms with Crippen LogP contribution >= 0.6 is 45.2 Å². The third kappa shape index (κ3) is 3.85. The monoisotopic (exact) mass is 542 g/mol. The third-order valence-electron chi connectivity index (χ3n) is 3.62. The molecule has 3 rings (SSSR count). The minimum atomic E-state index is 0.800. The van der Waals surface area contributed by atoms with E-state index in [4.69, 9.17) is 9.47 Å². The summed E-state index contributed by atoms with van der Waals surface area (Å²) in [5.41, 5.74) is 3.36. The van der Waals surface area contributed by atoms with Crippen molar-refractivity contribution in [3.05, 3.63) is 73.4 Å². The van der Waals surface area contributed by atoms with E-state index in [1.165, 1.54) is 5.56 Å². The first kappa shape index (κ1) is 17.5. The molecule has 0 heterocycles. The van der Waals surface area contributed by atoms with Gasteiger partial charge in [0.05, 0.1) is 14.3 Å². The highest BCUT2D eigenvalue weighted by molar-refractivity contribution is 14.1. The summed E-state index contributed by atoms with van der Waals surface area (Å²) in [4.78, 5) is 0. The van der Waals surface area contributed by atoms with Crippen molar-refractivity contribution in [3.63, 3.8) is 0 Å². The zero-order valence-corrected chi connectivity index (χ0v) is 17.7. The van der Waals surface area contributed by atoms with Gasteiger partial charge in [-0.1, -0.05) is 30.3 Å². The van der Waals surface area contributed by atoms with E-state index < -0.39 is 0 Å². The maximum atomic E-state index is 6.19. The van der Waals surface area contributed by atoms with Gasteiger partial charge in [0.25, 0.3) is 0 Å². The Morgan fingerprint density at radius 1 is 0.833 bits per heavy atom. The van der Waals surface area contributed by atoms with Gasteiger partial charge in [0.15, 0.2) is 5.75 Å². The lowest BCUT2D eigenvalue weighted by Gasteiger charge is -2.14. The Balaban J connectivity index is 2.02. The van der Waals surface area contributed by atoms with E-state index >= 15 is 0 Å². The first-order chi connectivity index (χ1) is 11.6. The molecule has 0 N–H and O–H groups in total. The smallest absolute Gasteiger partial charge is 0.154 e. The summed E-state index contributed by atoms with van der Waals surface area (Å²) in [6.45, 7) is 2.09. The summed E-state index contributed by atoms with van der Waals surface area (Å²) in [6, 6.07) is 20.4. The molecule has 0 aromatic heterocycles. The number of hydrogen-bond acceptors (Lipinski definition) is 2. The van der Waals surface area contributed by atoms with Crippen molar-refractivity contribution in [2.75, 3.05) is 7.11 Å². The van der Waals surface area contributed by atoms with Gasteiger partial charge >= 0.3 is 0 Å². The lowest BCUT2D eigenvalue weighted by atomic mass is 10.0. The van der Waals surface area contributed by atoms with Gasteiger partial charge in [-0.15, -0.1) is 0 Å². The molecule has 0 amide bonds. The van der Waals surface area contributed by atoms with Gasteiger partial charge in [-0.25, -0.2) is 0 Å². The topological polar surface area (TPSA) is 18.5 Å². The van der Waals surface area contributed by atoms with Crippen molar-refractivity contribution in [1.82, 2.24) is 0 Å². The quantitative estimate of drug-likeness (QED) is 0.343. The summed E-state index contributed by atoms with van der Waals surface area (Å²) in [5.74, 6) is 2.53. The third-order valence-corrected chi connectivity index (χ3v) is 5.22. The van der Waals surface area contributed by atoms with Crippen LogP contribution in [-0.2, 0) is 0 Å². The fraction of sp³-hybridized carbons (Fsp3) is 0.100. The first-order valence-electron chi connectivity index (χ1n) is 7.45. The molecular weight excluding hydrogens is 526 g/mol. The second-order valence-corrected chi connectivity index (χ2v) is 7.71. The standard InChI is InChI=1S/C20H16I2O2/c1-13-10-17(21)20(18(22)11-13)24-15-8-9-19(23-2)16(12-15)14-6-4-3-5-7-14/h3-12H,1-2H3. The van der Waals surface area contributed by atoms with Crippen LogP contribution in [0.5, 0.6) is 17.2 Å². The average Bonchev–Trinajstić information content (AvgIpc) is 2.58. The Hall–Kier alpha value is -1.28. The Morgan fingerprint density at radius 3 is 2.12 bits per heavy atom. The Kier molecular flexibility index (Phi) is 5.65. The highest BCUT2D eigenvalue weighted by Gasteiger charge is 2.12. The first-order valence-corrected chi connectivity index (χ1v) is 9.61. The number of ether oxygens (including phenoxy) is 2. The van der Waals surface area contributed by atoms with Crippen LogP contribution in [0.2, 0.25) is 0 Å². The van der Waals surface area contributed by atoms with Gasteiger partial charge in [-0.3, -0.25) is 0 Å². The van der Waals surface area contributed by atoms with Crippen LogP contribution in [0.1, 0.15) is 5.56 Å². The molecule has 0 saturated carbocycles. The molecule has 0 aliphatic carbocycles.